The first kappa shape index (κ1) is 19.5. The van der Waals surface area contributed by atoms with E-state index in [1.165, 1.54) is 12.8 Å². The molecule has 1 rings (SSSR count). The molecule has 0 aliphatic heterocycles. The molecule has 0 atom stereocenters. The number of carbonyl (C=O) groups excluding carboxylic acids is 1. The zero-order valence-corrected chi connectivity index (χ0v) is 14.9. The predicted octanol–water partition coefficient (Wildman–Crippen LogP) is 1.49. The van der Waals surface area contributed by atoms with Crippen LogP contribution in [0, 0.1) is 5.92 Å². The Morgan fingerprint density at radius 1 is 1.17 bits per heavy atom. The summed E-state index contributed by atoms with van der Waals surface area (Å²) in [7, 11) is 0. The van der Waals surface area contributed by atoms with Crippen molar-refractivity contribution < 1.29 is 14.3 Å². The molecule has 0 radical (unpaired) electrons. The van der Waals surface area contributed by atoms with Gasteiger partial charge in [-0.3, -0.25) is 4.99 Å². The molecule has 1 saturated carbocycles. The van der Waals surface area contributed by atoms with Crippen molar-refractivity contribution in [2.45, 2.75) is 46.1 Å². The van der Waals surface area contributed by atoms with Crippen LogP contribution in [-0.2, 0) is 9.47 Å². The first-order valence-electron chi connectivity index (χ1n) is 8.47. The van der Waals surface area contributed by atoms with Crippen molar-refractivity contribution in [3.63, 3.8) is 0 Å². The van der Waals surface area contributed by atoms with Crippen molar-refractivity contribution in [3.05, 3.63) is 0 Å². The molecule has 3 N–H and O–H groups in total. The third-order valence-corrected chi connectivity index (χ3v) is 2.99. The minimum Gasteiger partial charge on any atom is -0.444 e. The van der Waals surface area contributed by atoms with E-state index in [0.29, 0.717) is 26.2 Å². The van der Waals surface area contributed by atoms with E-state index >= 15 is 0 Å². The van der Waals surface area contributed by atoms with E-state index in [-0.39, 0.29) is 0 Å². The molecule has 1 fully saturated rings. The molecule has 7 nitrogen and oxygen atoms in total. The summed E-state index contributed by atoms with van der Waals surface area (Å²) in [6, 6.07) is 0. The van der Waals surface area contributed by atoms with Gasteiger partial charge in [-0.25, -0.2) is 4.79 Å². The van der Waals surface area contributed by atoms with Crippen LogP contribution in [0.1, 0.15) is 40.5 Å². The van der Waals surface area contributed by atoms with Crippen LogP contribution < -0.4 is 16.0 Å². The average Bonchev–Trinajstić information content (AvgIpc) is 3.25. The number of nitrogens with one attached hydrogen (secondary N) is 3. The van der Waals surface area contributed by atoms with Gasteiger partial charge in [-0.05, 0) is 46.5 Å². The Balaban J connectivity index is 2.12. The molecule has 134 valence electrons. The highest BCUT2D eigenvalue weighted by molar-refractivity contribution is 5.79. The van der Waals surface area contributed by atoms with Crippen molar-refractivity contribution >= 4 is 12.1 Å². The molecule has 1 amide bonds. The second-order valence-corrected chi connectivity index (χ2v) is 6.63. The monoisotopic (exact) mass is 328 g/mol. The number of guanidine groups is 1. The van der Waals surface area contributed by atoms with E-state index in [9.17, 15) is 4.79 Å². The van der Waals surface area contributed by atoms with Crippen molar-refractivity contribution in [1.29, 1.82) is 0 Å². The molecule has 0 bridgehead atoms. The van der Waals surface area contributed by atoms with Gasteiger partial charge in [0.05, 0.1) is 13.2 Å². The zero-order valence-electron chi connectivity index (χ0n) is 14.9. The molecule has 1 aliphatic rings. The van der Waals surface area contributed by atoms with Crippen molar-refractivity contribution in [3.8, 4) is 0 Å². The standard InChI is InChI=1S/C16H32N4O3/c1-5-17-14(19-10-11-22-12-13-6-7-13)18-8-9-20-15(21)23-16(2,3)4/h13H,5-12H2,1-4H3,(H,20,21)(H2,17,18,19). The molecular formula is C16H32N4O3. The third kappa shape index (κ3) is 11.7. The topological polar surface area (TPSA) is 84.0 Å². The van der Waals surface area contributed by atoms with E-state index in [2.05, 4.69) is 20.9 Å². The molecule has 0 spiro atoms. The molecule has 1 aliphatic carbocycles. The Kier molecular flexibility index (Phi) is 8.76. The highest BCUT2D eigenvalue weighted by atomic mass is 16.6. The summed E-state index contributed by atoms with van der Waals surface area (Å²) in [5.74, 6) is 1.51. The zero-order chi connectivity index (χ0) is 17.1. The summed E-state index contributed by atoms with van der Waals surface area (Å²) >= 11 is 0. The molecule has 0 saturated heterocycles. The lowest BCUT2D eigenvalue weighted by atomic mass is 10.2. The molecule has 0 heterocycles. The number of amides is 1. The second kappa shape index (κ2) is 10.3. The maximum atomic E-state index is 11.5. The maximum absolute atomic E-state index is 11.5. The number of hydrogen-bond donors (Lipinski definition) is 3. The van der Waals surface area contributed by atoms with E-state index in [0.717, 1.165) is 25.0 Å². The minimum atomic E-state index is -0.478. The van der Waals surface area contributed by atoms with E-state index in [1.54, 1.807) is 0 Å². The Bertz CT molecular complexity index is 376. The van der Waals surface area contributed by atoms with Crippen LogP contribution in [0.25, 0.3) is 0 Å². The van der Waals surface area contributed by atoms with Crippen LogP contribution in [0.4, 0.5) is 4.79 Å². The van der Waals surface area contributed by atoms with Gasteiger partial charge in [-0.1, -0.05) is 0 Å². The molecule has 0 unspecified atom stereocenters. The van der Waals surface area contributed by atoms with Gasteiger partial charge in [0.25, 0.3) is 0 Å². The minimum absolute atomic E-state index is 0.408. The van der Waals surface area contributed by atoms with Gasteiger partial charge in [-0.2, -0.15) is 0 Å². The summed E-state index contributed by atoms with van der Waals surface area (Å²) in [6.07, 6.45) is 2.20. The first-order chi connectivity index (χ1) is 10.9. The van der Waals surface area contributed by atoms with Crippen LogP contribution >= 0.6 is 0 Å². The number of alkyl carbamates (subject to hydrolysis) is 1. The Morgan fingerprint density at radius 3 is 2.48 bits per heavy atom. The number of nitrogens with zero attached hydrogens (tertiary/aromatic N) is 1. The fourth-order valence-electron chi connectivity index (χ4n) is 1.76. The van der Waals surface area contributed by atoms with Crippen molar-refractivity contribution in [1.82, 2.24) is 16.0 Å². The maximum Gasteiger partial charge on any atom is 0.407 e. The molecule has 23 heavy (non-hydrogen) atoms. The van der Waals surface area contributed by atoms with Crippen LogP contribution in [0.15, 0.2) is 4.99 Å². The van der Waals surface area contributed by atoms with Crippen LogP contribution in [0.5, 0.6) is 0 Å². The molecular weight excluding hydrogens is 296 g/mol. The highest BCUT2D eigenvalue weighted by Crippen LogP contribution is 2.28. The Morgan fingerprint density at radius 2 is 1.87 bits per heavy atom. The van der Waals surface area contributed by atoms with Gasteiger partial charge in [-0.15, -0.1) is 0 Å². The smallest absolute Gasteiger partial charge is 0.407 e. The lowest BCUT2D eigenvalue weighted by Crippen LogP contribution is -2.42. The summed E-state index contributed by atoms with van der Waals surface area (Å²) < 4.78 is 10.7. The number of ether oxygens (including phenoxy) is 2. The number of aliphatic imine (C=N–C) groups is 1. The summed E-state index contributed by atoms with van der Waals surface area (Å²) in [6.45, 7) is 11.5. The highest BCUT2D eigenvalue weighted by Gasteiger charge is 2.20. The van der Waals surface area contributed by atoms with Gasteiger partial charge >= 0.3 is 6.09 Å². The molecule has 7 heteroatoms. The molecule has 0 aromatic heterocycles. The number of carbonyl (C=O) groups is 1. The lowest BCUT2D eigenvalue weighted by molar-refractivity contribution is 0.0529. The van der Waals surface area contributed by atoms with Gasteiger partial charge in [0.2, 0.25) is 0 Å². The number of rotatable bonds is 9. The van der Waals surface area contributed by atoms with Crippen LogP contribution in [0.3, 0.4) is 0 Å². The number of hydrogen-bond acceptors (Lipinski definition) is 4. The van der Waals surface area contributed by atoms with Crippen LogP contribution in [0.2, 0.25) is 0 Å². The summed E-state index contributed by atoms with van der Waals surface area (Å²) in [5, 5.41) is 9.03. The molecule has 0 aromatic carbocycles. The van der Waals surface area contributed by atoms with Crippen molar-refractivity contribution in [2.75, 3.05) is 39.4 Å². The van der Waals surface area contributed by atoms with Gasteiger partial charge in [0, 0.05) is 26.2 Å². The fraction of sp³-hybridized carbons (Fsp3) is 0.875. The SMILES string of the molecule is CCNC(=NCCOCC1CC1)NCCNC(=O)OC(C)(C)C. The van der Waals surface area contributed by atoms with Crippen molar-refractivity contribution in [2.24, 2.45) is 10.9 Å². The van der Waals surface area contributed by atoms with Gasteiger partial charge in [0.1, 0.15) is 5.60 Å². The second-order valence-electron chi connectivity index (χ2n) is 6.63. The van der Waals surface area contributed by atoms with E-state index < -0.39 is 11.7 Å². The molecule has 0 aromatic rings. The first-order valence-corrected chi connectivity index (χ1v) is 8.47. The van der Waals surface area contributed by atoms with E-state index in [4.69, 9.17) is 9.47 Å². The summed E-state index contributed by atoms with van der Waals surface area (Å²) in [5.41, 5.74) is -0.478. The Hall–Kier alpha value is -1.50. The normalized spacial score (nSPS) is 15.2. The van der Waals surface area contributed by atoms with Crippen LogP contribution in [-0.4, -0.2) is 57.0 Å². The van der Waals surface area contributed by atoms with E-state index in [1.807, 2.05) is 27.7 Å². The van der Waals surface area contributed by atoms with Gasteiger partial charge < -0.3 is 25.4 Å². The fourth-order valence-corrected chi connectivity index (χ4v) is 1.76. The average molecular weight is 328 g/mol. The predicted molar refractivity (Wildman–Crippen MR) is 91.8 cm³/mol. The third-order valence-electron chi connectivity index (χ3n) is 2.99. The quantitative estimate of drug-likeness (QED) is 0.339. The lowest BCUT2D eigenvalue weighted by Gasteiger charge is -2.19. The largest absolute Gasteiger partial charge is 0.444 e. The van der Waals surface area contributed by atoms with Gasteiger partial charge in [0.15, 0.2) is 5.96 Å². The Labute approximate surface area is 139 Å². The summed E-state index contributed by atoms with van der Waals surface area (Å²) in [4.78, 5) is 15.9.